The molecule has 0 radical (unpaired) electrons. The average Bonchev–Trinajstić information content (AvgIpc) is 2.63. The van der Waals surface area contributed by atoms with Crippen LogP contribution in [0, 0.1) is 5.92 Å². The first-order valence-electron chi connectivity index (χ1n) is 4.94. The van der Waals surface area contributed by atoms with Gasteiger partial charge in [-0.05, 0) is 25.2 Å². The number of halogens is 3. The molecule has 1 heterocycles. The van der Waals surface area contributed by atoms with Gasteiger partial charge in [-0.2, -0.15) is 18.2 Å². The molecule has 15 heavy (non-hydrogen) atoms. The lowest BCUT2D eigenvalue weighted by Crippen LogP contribution is -2.10. The summed E-state index contributed by atoms with van der Waals surface area (Å²) in [6.07, 6.45) is -0.570. The van der Waals surface area contributed by atoms with Gasteiger partial charge in [0, 0.05) is 5.41 Å². The molecule has 2 aliphatic rings. The van der Waals surface area contributed by atoms with Crippen LogP contribution in [0.25, 0.3) is 0 Å². The van der Waals surface area contributed by atoms with Gasteiger partial charge >= 0.3 is 12.1 Å². The van der Waals surface area contributed by atoms with Gasteiger partial charge < -0.3 is 4.52 Å². The van der Waals surface area contributed by atoms with Gasteiger partial charge in [0.05, 0.1) is 0 Å². The minimum absolute atomic E-state index is 0.174. The molecule has 0 spiro atoms. The van der Waals surface area contributed by atoms with E-state index in [0.29, 0.717) is 5.92 Å². The molecule has 0 amide bonds. The lowest BCUT2D eigenvalue weighted by atomic mass is 10.0. The first kappa shape index (κ1) is 9.18. The Balaban J connectivity index is 1.92. The van der Waals surface area contributed by atoms with Gasteiger partial charge in [-0.15, -0.1) is 0 Å². The standard InChI is InChI=1S/C9H9F3N2O/c10-9(11,12)7-13-6(14-15-7)8-3-1-2-5(8)4-8/h5H,1-4H2. The van der Waals surface area contributed by atoms with Crippen LogP contribution in [0.4, 0.5) is 13.2 Å². The summed E-state index contributed by atoms with van der Waals surface area (Å²) in [5.41, 5.74) is -0.174. The highest BCUT2D eigenvalue weighted by Gasteiger charge is 2.61. The van der Waals surface area contributed by atoms with Crippen molar-refractivity contribution in [1.82, 2.24) is 10.1 Å². The molecule has 3 rings (SSSR count). The lowest BCUT2D eigenvalue weighted by Gasteiger charge is -2.03. The molecule has 2 unspecified atom stereocenters. The van der Waals surface area contributed by atoms with Gasteiger partial charge in [-0.1, -0.05) is 11.6 Å². The predicted octanol–water partition coefficient (Wildman–Crippen LogP) is 2.53. The number of alkyl halides is 3. The molecular formula is C9H9F3N2O. The van der Waals surface area contributed by atoms with Crippen molar-refractivity contribution < 1.29 is 17.7 Å². The van der Waals surface area contributed by atoms with Crippen molar-refractivity contribution in [3.05, 3.63) is 11.7 Å². The van der Waals surface area contributed by atoms with E-state index in [1.165, 1.54) is 0 Å². The maximum Gasteiger partial charge on any atom is 0.471 e. The van der Waals surface area contributed by atoms with Crippen molar-refractivity contribution >= 4 is 0 Å². The summed E-state index contributed by atoms with van der Waals surface area (Å²) >= 11 is 0. The number of hydrogen-bond donors (Lipinski definition) is 0. The number of hydrogen-bond acceptors (Lipinski definition) is 3. The Kier molecular flexibility index (Phi) is 1.55. The summed E-state index contributed by atoms with van der Waals surface area (Å²) < 4.78 is 40.9. The van der Waals surface area contributed by atoms with Crippen molar-refractivity contribution in [2.45, 2.75) is 37.3 Å². The van der Waals surface area contributed by atoms with Crippen LogP contribution in [0.15, 0.2) is 4.52 Å². The van der Waals surface area contributed by atoms with Crippen molar-refractivity contribution in [2.75, 3.05) is 0 Å². The van der Waals surface area contributed by atoms with Crippen LogP contribution in [0.2, 0.25) is 0 Å². The highest BCUT2D eigenvalue weighted by molar-refractivity contribution is 5.24. The zero-order valence-corrected chi connectivity index (χ0v) is 7.84. The fourth-order valence-electron chi connectivity index (χ4n) is 2.66. The van der Waals surface area contributed by atoms with Crippen LogP contribution >= 0.6 is 0 Å². The molecule has 0 N–H and O–H groups in total. The maximum atomic E-state index is 12.2. The maximum absolute atomic E-state index is 12.2. The Bertz CT molecular complexity index is 400. The van der Waals surface area contributed by atoms with Crippen LogP contribution in [0.5, 0.6) is 0 Å². The second-order valence-corrected chi connectivity index (χ2v) is 4.37. The average molecular weight is 218 g/mol. The number of aromatic nitrogens is 2. The van der Waals surface area contributed by atoms with E-state index in [1.54, 1.807) is 0 Å². The molecular weight excluding hydrogens is 209 g/mol. The van der Waals surface area contributed by atoms with Crippen LogP contribution in [0.1, 0.15) is 37.4 Å². The minimum Gasteiger partial charge on any atom is -0.329 e. The van der Waals surface area contributed by atoms with Gasteiger partial charge in [0.25, 0.3) is 0 Å². The summed E-state index contributed by atoms with van der Waals surface area (Å²) in [6, 6.07) is 0. The molecule has 2 aliphatic carbocycles. The monoisotopic (exact) mass is 218 g/mol. The quantitative estimate of drug-likeness (QED) is 0.727. The normalized spacial score (nSPS) is 34.2. The minimum atomic E-state index is -4.52. The van der Waals surface area contributed by atoms with Gasteiger partial charge in [-0.25, -0.2) is 0 Å². The van der Waals surface area contributed by atoms with E-state index >= 15 is 0 Å². The summed E-state index contributed by atoms with van der Waals surface area (Å²) in [4.78, 5) is 3.47. The molecule has 1 aromatic rings. The topological polar surface area (TPSA) is 38.9 Å². The van der Waals surface area contributed by atoms with Gasteiger partial charge in [0.1, 0.15) is 0 Å². The molecule has 1 aromatic heterocycles. The molecule has 0 bridgehead atoms. The molecule has 2 saturated carbocycles. The van der Waals surface area contributed by atoms with E-state index < -0.39 is 12.1 Å². The van der Waals surface area contributed by atoms with Crippen molar-refractivity contribution in [3.8, 4) is 0 Å². The van der Waals surface area contributed by atoms with Crippen LogP contribution in [-0.4, -0.2) is 10.1 Å². The van der Waals surface area contributed by atoms with E-state index in [1.807, 2.05) is 0 Å². The van der Waals surface area contributed by atoms with E-state index in [9.17, 15) is 13.2 Å². The molecule has 82 valence electrons. The Hall–Kier alpha value is -1.07. The van der Waals surface area contributed by atoms with Crippen molar-refractivity contribution in [3.63, 3.8) is 0 Å². The number of nitrogens with zero attached hydrogens (tertiary/aromatic N) is 2. The van der Waals surface area contributed by atoms with Crippen molar-refractivity contribution in [2.24, 2.45) is 5.92 Å². The Morgan fingerprint density at radius 2 is 2.20 bits per heavy atom. The fraction of sp³-hybridized carbons (Fsp3) is 0.778. The Labute approximate surface area is 83.7 Å². The largest absolute Gasteiger partial charge is 0.471 e. The number of fused-ring (bicyclic) bond motifs is 1. The third kappa shape index (κ3) is 1.20. The van der Waals surface area contributed by atoms with Crippen molar-refractivity contribution in [1.29, 1.82) is 0 Å². The summed E-state index contributed by atoms with van der Waals surface area (Å²) in [5, 5.41) is 3.47. The fourth-order valence-corrected chi connectivity index (χ4v) is 2.66. The third-order valence-electron chi connectivity index (χ3n) is 3.52. The van der Waals surface area contributed by atoms with Crippen LogP contribution in [-0.2, 0) is 11.6 Å². The Morgan fingerprint density at radius 1 is 1.40 bits per heavy atom. The first-order chi connectivity index (χ1) is 7.02. The Morgan fingerprint density at radius 3 is 2.67 bits per heavy atom. The van der Waals surface area contributed by atoms with E-state index in [4.69, 9.17) is 0 Å². The first-order valence-corrected chi connectivity index (χ1v) is 4.94. The molecule has 2 atom stereocenters. The van der Waals surface area contributed by atoms with Gasteiger partial charge in [-0.3, -0.25) is 0 Å². The van der Waals surface area contributed by atoms with Gasteiger partial charge in [0.2, 0.25) is 0 Å². The van der Waals surface area contributed by atoms with Crippen LogP contribution in [0.3, 0.4) is 0 Å². The smallest absolute Gasteiger partial charge is 0.329 e. The summed E-state index contributed by atoms with van der Waals surface area (Å²) in [6.45, 7) is 0. The van der Waals surface area contributed by atoms with E-state index in [-0.39, 0.29) is 11.2 Å². The zero-order valence-electron chi connectivity index (χ0n) is 7.84. The second kappa shape index (κ2) is 2.54. The highest BCUT2D eigenvalue weighted by atomic mass is 19.4. The molecule has 2 fully saturated rings. The summed E-state index contributed by atoms with van der Waals surface area (Å²) in [5.74, 6) is -0.474. The SMILES string of the molecule is FC(F)(F)c1nc(C23CCCC2C3)no1. The molecule has 0 aliphatic heterocycles. The van der Waals surface area contributed by atoms with E-state index in [2.05, 4.69) is 14.7 Å². The second-order valence-electron chi connectivity index (χ2n) is 4.37. The predicted molar refractivity (Wildman–Crippen MR) is 42.9 cm³/mol. The van der Waals surface area contributed by atoms with Gasteiger partial charge in [0.15, 0.2) is 5.82 Å². The molecule has 0 aromatic carbocycles. The zero-order chi connectivity index (χ0) is 10.7. The molecule has 3 nitrogen and oxygen atoms in total. The lowest BCUT2D eigenvalue weighted by molar-refractivity contribution is -0.159. The highest BCUT2D eigenvalue weighted by Crippen LogP contribution is 2.63. The molecule has 6 heteroatoms. The molecule has 0 saturated heterocycles. The third-order valence-corrected chi connectivity index (χ3v) is 3.52. The van der Waals surface area contributed by atoms with E-state index in [0.717, 1.165) is 25.7 Å². The number of rotatable bonds is 1. The van der Waals surface area contributed by atoms with Crippen LogP contribution < -0.4 is 0 Å². The summed E-state index contributed by atoms with van der Waals surface area (Å²) in [7, 11) is 0.